The lowest BCUT2D eigenvalue weighted by Crippen LogP contribution is -2.35. The molecular formula is C31H35N5O7. The maximum Gasteiger partial charge on any atom is 0.167 e. The van der Waals surface area contributed by atoms with E-state index in [9.17, 15) is 19.8 Å². The zero-order valence-corrected chi connectivity index (χ0v) is 24.5. The summed E-state index contributed by atoms with van der Waals surface area (Å²) in [5, 5.41) is 24.2. The van der Waals surface area contributed by atoms with Crippen molar-refractivity contribution in [1.29, 1.82) is 0 Å². The summed E-state index contributed by atoms with van der Waals surface area (Å²) in [4.78, 5) is 38.0. The number of rotatable bonds is 12. The summed E-state index contributed by atoms with van der Waals surface area (Å²) in [6, 6.07) is 11.4. The number of anilines is 2. The smallest absolute Gasteiger partial charge is 0.167 e. The molecule has 1 saturated heterocycles. The molecule has 4 aromatic rings. The Kier molecular flexibility index (Phi) is 9.00. The van der Waals surface area contributed by atoms with E-state index in [1.807, 2.05) is 37.3 Å². The Bertz CT molecular complexity index is 1620. The molecule has 0 radical (unpaired) electrons. The van der Waals surface area contributed by atoms with Gasteiger partial charge in [-0.2, -0.15) is 0 Å². The molecule has 0 aliphatic carbocycles. The summed E-state index contributed by atoms with van der Waals surface area (Å²) >= 11 is 0. The zero-order chi connectivity index (χ0) is 30.7. The van der Waals surface area contributed by atoms with Gasteiger partial charge in [0.2, 0.25) is 0 Å². The third-order valence-electron chi connectivity index (χ3n) is 7.61. The van der Waals surface area contributed by atoms with E-state index in [1.54, 1.807) is 27.2 Å². The van der Waals surface area contributed by atoms with Crippen LogP contribution in [0.15, 0.2) is 49.1 Å². The number of aliphatic hydroxyl groups is 2. The molecule has 43 heavy (non-hydrogen) atoms. The van der Waals surface area contributed by atoms with E-state index < -0.39 is 24.5 Å². The molecule has 0 bridgehead atoms. The molecule has 12 nitrogen and oxygen atoms in total. The Balaban J connectivity index is 1.22. The van der Waals surface area contributed by atoms with Gasteiger partial charge in [-0.05, 0) is 55.2 Å². The van der Waals surface area contributed by atoms with Crippen molar-refractivity contribution in [2.75, 3.05) is 19.5 Å². The number of nitrogens with one attached hydrogen (secondary N) is 1. The van der Waals surface area contributed by atoms with Crippen molar-refractivity contribution in [3.63, 3.8) is 0 Å². The van der Waals surface area contributed by atoms with E-state index in [0.717, 1.165) is 23.2 Å². The summed E-state index contributed by atoms with van der Waals surface area (Å²) in [6.45, 7) is 3.56. The van der Waals surface area contributed by atoms with Crippen molar-refractivity contribution in [2.45, 2.75) is 64.1 Å². The average molecular weight is 590 g/mol. The number of fused-ring (bicyclic) bond motifs is 1. The fraction of sp³-hybridized carbons (Fsp3) is 0.387. The number of aryl methyl sites for hydroxylation is 2. The number of carbonyl (C=O) groups excluding carboxylic acids is 2. The minimum Gasteiger partial charge on any atom is -0.493 e. The lowest BCUT2D eigenvalue weighted by molar-refractivity contribution is -0.135. The van der Waals surface area contributed by atoms with Gasteiger partial charge in [0.15, 0.2) is 46.3 Å². The number of methoxy groups -OCH3 is 2. The predicted molar refractivity (Wildman–Crippen MR) is 158 cm³/mol. The second-order valence-electron chi connectivity index (χ2n) is 10.4. The van der Waals surface area contributed by atoms with Crippen LogP contribution in [0.2, 0.25) is 0 Å². The highest BCUT2D eigenvalue weighted by molar-refractivity contribution is 5.97. The van der Waals surface area contributed by atoms with Crippen molar-refractivity contribution < 1.29 is 34.0 Å². The highest BCUT2D eigenvalue weighted by Gasteiger charge is 2.47. The summed E-state index contributed by atoms with van der Waals surface area (Å²) in [7, 11) is 3.13. The van der Waals surface area contributed by atoms with Crippen LogP contribution >= 0.6 is 0 Å². The Labute approximate surface area is 248 Å². The average Bonchev–Trinajstić information content (AvgIpc) is 3.58. The predicted octanol–water partition coefficient (Wildman–Crippen LogP) is 3.70. The normalized spacial score (nSPS) is 19.9. The number of Topliss-reactive ketones (excluding diaryl/α,β-unsaturated/α-hetero) is 2. The van der Waals surface area contributed by atoms with Crippen molar-refractivity contribution in [2.24, 2.45) is 0 Å². The molecule has 226 valence electrons. The molecule has 1 fully saturated rings. The SMILES string of the molecule is CCC(=O)[C@H]1O[C@@H](n2cnc3c(Nc4ccc(CCCC(=O)c5cc(C)c(OC)c(OC)c5)cc4)ncnc32)C(O)[C@H]1O. The number of nitrogens with zero attached hydrogens (tertiary/aromatic N) is 4. The lowest BCUT2D eigenvalue weighted by atomic mass is 10.0. The minimum atomic E-state index is -1.35. The maximum atomic E-state index is 12.8. The van der Waals surface area contributed by atoms with Gasteiger partial charge in [-0.1, -0.05) is 19.1 Å². The van der Waals surface area contributed by atoms with Crippen molar-refractivity contribution in [1.82, 2.24) is 19.5 Å². The standard InChI is InChI=1S/C31H35N5O7/c1-5-21(37)28-25(39)26(40)31(43-28)36-16-34-24-29(32-15-33-30(24)36)35-20-11-9-18(10-12-20)7-6-8-22(38)19-13-17(2)27(42-4)23(14-19)41-3/h9-16,25-26,28,31,39-40H,5-8H2,1-4H3,(H,32,33,35)/t25-,26?,28-,31-/m1/s1. The van der Waals surface area contributed by atoms with Crippen LogP contribution in [0, 0.1) is 6.92 Å². The molecule has 2 aromatic heterocycles. The number of ketones is 2. The van der Waals surface area contributed by atoms with Crippen molar-refractivity contribution in [3.8, 4) is 11.5 Å². The number of imidazole rings is 1. The van der Waals surface area contributed by atoms with Crippen LogP contribution in [-0.2, 0) is 16.0 Å². The van der Waals surface area contributed by atoms with Gasteiger partial charge in [0, 0.05) is 24.1 Å². The first kappa shape index (κ1) is 30.1. The molecule has 4 atom stereocenters. The maximum absolute atomic E-state index is 12.8. The van der Waals surface area contributed by atoms with Gasteiger partial charge in [-0.25, -0.2) is 15.0 Å². The number of hydrogen-bond acceptors (Lipinski definition) is 11. The zero-order valence-electron chi connectivity index (χ0n) is 24.5. The summed E-state index contributed by atoms with van der Waals surface area (Å²) in [5.74, 6) is 1.37. The molecule has 5 rings (SSSR count). The fourth-order valence-corrected chi connectivity index (χ4v) is 5.29. The third-order valence-corrected chi connectivity index (χ3v) is 7.61. The first-order valence-corrected chi connectivity index (χ1v) is 14.1. The molecule has 3 heterocycles. The molecule has 2 aromatic carbocycles. The molecule has 1 aliphatic rings. The van der Waals surface area contributed by atoms with E-state index in [1.165, 1.54) is 17.2 Å². The largest absolute Gasteiger partial charge is 0.493 e. The van der Waals surface area contributed by atoms with Crippen molar-refractivity contribution in [3.05, 3.63) is 65.7 Å². The summed E-state index contributed by atoms with van der Waals surface area (Å²) in [5.41, 5.74) is 4.13. The fourth-order valence-electron chi connectivity index (χ4n) is 5.29. The van der Waals surface area contributed by atoms with E-state index in [-0.39, 0.29) is 18.0 Å². The summed E-state index contributed by atoms with van der Waals surface area (Å²) < 4.78 is 18.0. The van der Waals surface area contributed by atoms with Gasteiger partial charge in [0.25, 0.3) is 0 Å². The quantitative estimate of drug-likeness (QED) is 0.207. The Morgan fingerprint density at radius 3 is 2.51 bits per heavy atom. The number of hydrogen-bond donors (Lipinski definition) is 3. The van der Waals surface area contributed by atoms with Gasteiger partial charge in [-0.3, -0.25) is 14.2 Å². The van der Waals surface area contributed by atoms with Crippen LogP contribution in [0.5, 0.6) is 11.5 Å². The third kappa shape index (κ3) is 6.07. The molecular weight excluding hydrogens is 554 g/mol. The minimum absolute atomic E-state index is 0.0482. The van der Waals surface area contributed by atoms with E-state index >= 15 is 0 Å². The first-order valence-electron chi connectivity index (χ1n) is 14.1. The molecule has 1 unspecified atom stereocenters. The van der Waals surface area contributed by atoms with Gasteiger partial charge < -0.3 is 29.7 Å². The molecule has 1 aliphatic heterocycles. The van der Waals surface area contributed by atoms with Gasteiger partial charge >= 0.3 is 0 Å². The van der Waals surface area contributed by atoms with Crippen molar-refractivity contribution >= 4 is 34.2 Å². The summed E-state index contributed by atoms with van der Waals surface area (Å²) in [6.07, 6.45) is 0.00113. The Hall–Kier alpha value is -4.39. The van der Waals surface area contributed by atoms with Crippen LogP contribution in [0.1, 0.15) is 53.9 Å². The van der Waals surface area contributed by atoms with Crippen LogP contribution in [0.3, 0.4) is 0 Å². The molecule has 12 heteroatoms. The van der Waals surface area contributed by atoms with E-state index in [0.29, 0.717) is 46.9 Å². The number of aliphatic hydroxyl groups excluding tert-OH is 2. The Morgan fingerprint density at radius 2 is 1.81 bits per heavy atom. The number of carbonyl (C=O) groups is 2. The van der Waals surface area contributed by atoms with Gasteiger partial charge in [0.05, 0.1) is 20.5 Å². The highest BCUT2D eigenvalue weighted by atomic mass is 16.6. The first-order chi connectivity index (χ1) is 20.7. The highest BCUT2D eigenvalue weighted by Crippen LogP contribution is 2.34. The second kappa shape index (κ2) is 12.9. The molecule has 0 spiro atoms. The van der Waals surface area contributed by atoms with Crippen LogP contribution in [0.4, 0.5) is 11.5 Å². The number of aromatic nitrogens is 4. The van der Waals surface area contributed by atoms with Gasteiger partial charge in [0.1, 0.15) is 24.6 Å². The van der Waals surface area contributed by atoms with Crippen LogP contribution < -0.4 is 14.8 Å². The van der Waals surface area contributed by atoms with E-state index in [4.69, 9.17) is 14.2 Å². The van der Waals surface area contributed by atoms with Gasteiger partial charge in [-0.15, -0.1) is 0 Å². The second-order valence-corrected chi connectivity index (χ2v) is 10.4. The molecule has 3 N–H and O–H groups in total. The Morgan fingerprint density at radius 1 is 1.05 bits per heavy atom. The van der Waals surface area contributed by atoms with Crippen LogP contribution in [0.25, 0.3) is 11.2 Å². The lowest BCUT2D eigenvalue weighted by Gasteiger charge is -2.16. The number of ether oxygens (including phenoxy) is 3. The monoisotopic (exact) mass is 589 g/mol. The molecule has 0 saturated carbocycles. The van der Waals surface area contributed by atoms with Crippen LogP contribution in [-0.4, -0.2) is 73.8 Å². The van der Waals surface area contributed by atoms with E-state index in [2.05, 4.69) is 20.3 Å². The topological polar surface area (TPSA) is 158 Å². The number of benzene rings is 2. The molecule has 0 amide bonds.